The van der Waals surface area contributed by atoms with Crippen LogP contribution in [0.15, 0.2) is 40.7 Å². The number of amidine groups is 1. The zero-order valence-corrected chi connectivity index (χ0v) is 15.4. The average Bonchev–Trinajstić information content (AvgIpc) is 2.83. The lowest BCUT2D eigenvalue weighted by Gasteiger charge is -2.27. The number of hydrogen-bond acceptors (Lipinski definition) is 6. The molecule has 0 aliphatic carbocycles. The van der Waals surface area contributed by atoms with Gasteiger partial charge in [0.1, 0.15) is 17.7 Å². The topological polar surface area (TPSA) is 115 Å². The van der Waals surface area contributed by atoms with Gasteiger partial charge in [-0.2, -0.15) is 13.2 Å². The zero-order chi connectivity index (χ0) is 20.7. The average molecular weight is 394 g/mol. The van der Waals surface area contributed by atoms with Crippen molar-refractivity contribution in [3.8, 4) is 0 Å². The van der Waals surface area contributed by atoms with E-state index in [1.54, 1.807) is 38.1 Å². The molecule has 0 saturated carbocycles. The van der Waals surface area contributed by atoms with Crippen molar-refractivity contribution in [1.29, 1.82) is 5.41 Å². The van der Waals surface area contributed by atoms with Crippen molar-refractivity contribution in [3.05, 3.63) is 41.2 Å². The number of nitrogens with zero attached hydrogens (tertiary/aromatic N) is 1. The molecule has 150 valence electrons. The Morgan fingerprint density at radius 3 is 2.68 bits per heavy atom. The molecule has 1 aromatic carbocycles. The number of hydrogen-bond donors (Lipinski definition) is 5. The van der Waals surface area contributed by atoms with Crippen LogP contribution >= 0.6 is 0 Å². The number of aliphatic imine (C=N–C) groups is 1. The Hall–Kier alpha value is -2.88. The first-order valence-electron chi connectivity index (χ1n) is 8.66. The lowest BCUT2D eigenvalue weighted by molar-refractivity contribution is -0.131. The summed E-state index contributed by atoms with van der Waals surface area (Å²) in [7, 11) is 0. The van der Waals surface area contributed by atoms with Gasteiger partial charge in [-0.15, -0.1) is 0 Å². The highest BCUT2D eigenvalue weighted by molar-refractivity contribution is 6.48. The van der Waals surface area contributed by atoms with E-state index < -0.39 is 24.2 Å². The number of para-hydroxylation sites is 1. The number of benzene rings is 1. The highest BCUT2D eigenvalue weighted by atomic mass is 19.4. The fourth-order valence-corrected chi connectivity index (χ4v) is 3.19. The number of alkyl halides is 3. The van der Waals surface area contributed by atoms with Crippen LogP contribution < -0.4 is 21.7 Å². The lowest BCUT2D eigenvalue weighted by atomic mass is 9.83. The van der Waals surface area contributed by atoms with Crippen LogP contribution in [-0.2, 0) is 4.79 Å². The number of nitrogens with two attached hydrogens (primary N) is 1. The summed E-state index contributed by atoms with van der Waals surface area (Å²) >= 11 is 0. The summed E-state index contributed by atoms with van der Waals surface area (Å²) in [5.41, 5.74) is 6.60. The molecule has 3 rings (SSSR count). The van der Waals surface area contributed by atoms with Crippen molar-refractivity contribution in [2.75, 3.05) is 11.9 Å². The highest BCUT2D eigenvalue weighted by Crippen LogP contribution is 2.36. The summed E-state index contributed by atoms with van der Waals surface area (Å²) < 4.78 is 37.2. The van der Waals surface area contributed by atoms with Crippen molar-refractivity contribution < 1.29 is 18.0 Å². The van der Waals surface area contributed by atoms with Gasteiger partial charge in [0.05, 0.1) is 11.8 Å². The lowest BCUT2D eigenvalue weighted by Crippen LogP contribution is -2.43. The van der Waals surface area contributed by atoms with E-state index >= 15 is 0 Å². The first-order chi connectivity index (χ1) is 13.0. The van der Waals surface area contributed by atoms with Gasteiger partial charge < -0.3 is 21.7 Å². The maximum atomic E-state index is 12.4. The Labute approximate surface area is 159 Å². The van der Waals surface area contributed by atoms with Gasteiger partial charge in [0.25, 0.3) is 0 Å². The Morgan fingerprint density at radius 1 is 1.32 bits per heavy atom. The third kappa shape index (κ3) is 3.72. The van der Waals surface area contributed by atoms with E-state index in [0.717, 1.165) is 0 Å². The second-order valence-corrected chi connectivity index (χ2v) is 7.13. The Morgan fingerprint density at radius 2 is 2.00 bits per heavy atom. The number of rotatable bonds is 5. The van der Waals surface area contributed by atoms with Crippen LogP contribution in [0.1, 0.15) is 25.8 Å². The van der Waals surface area contributed by atoms with Gasteiger partial charge in [-0.05, 0) is 19.9 Å². The fraction of sp³-hybridized carbons (Fsp3) is 0.389. The maximum Gasteiger partial charge on any atom is 0.390 e. The molecule has 6 N–H and O–H groups in total. The summed E-state index contributed by atoms with van der Waals surface area (Å²) in [6.45, 7) is 3.16. The molecule has 0 spiro atoms. The maximum absolute atomic E-state index is 12.4. The fourth-order valence-electron chi connectivity index (χ4n) is 3.19. The minimum atomic E-state index is -4.27. The molecule has 2 aliphatic heterocycles. The van der Waals surface area contributed by atoms with E-state index in [1.165, 1.54) is 0 Å². The monoisotopic (exact) mass is 394 g/mol. The van der Waals surface area contributed by atoms with E-state index in [1.807, 2.05) is 0 Å². The van der Waals surface area contributed by atoms with Gasteiger partial charge in [-0.1, -0.05) is 18.2 Å². The summed E-state index contributed by atoms with van der Waals surface area (Å²) in [5.74, 6) is 0.312. The van der Waals surface area contributed by atoms with Crippen molar-refractivity contribution in [2.45, 2.75) is 32.6 Å². The molecule has 28 heavy (non-hydrogen) atoms. The Bertz CT molecular complexity index is 888. The predicted molar refractivity (Wildman–Crippen MR) is 99.9 cm³/mol. The summed E-state index contributed by atoms with van der Waals surface area (Å²) in [6.07, 6.45) is -6.07. The van der Waals surface area contributed by atoms with Crippen LogP contribution in [0, 0.1) is 10.8 Å². The molecule has 2 aliphatic rings. The number of anilines is 1. The smallest absolute Gasteiger partial charge is 0.384 e. The van der Waals surface area contributed by atoms with Gasteiger partial charge in [-0.3, -0.25) is 10.2 Å². The molecule has 1 atom stereocenters. The van der Waals surface area contributed by atoms with Crippen LogP contribution in [0.3, 0.4) is 0 Å². The number of nitrogens with one attached hydrogen (secondary N) is 4. The molecule has 7 nitrogen and oxygen atoms in total. The molecule has 10 heteroatoms. The molecule has 0 fully saturated rings. The predicted octanol–water partition coefficient (Wildman–Crippen LogP) is 2.07. The largest absolute Gasteiger partial charge is 0.390 e. The van der Waals surface area contributed by atoms with Gasteiger partial charge in [0.2, 0.25) is 5.91 Å². The van der Waals surface area contributed by atoms with Crippen LogP contribution in [0.2, 0.25) is 0 Å². The number of halogens is 3. The summed E-state index contributed by atoms with van der Waals surface area (Å²) in [4.78, 5) is 16.4. The second kappa shape index (κ2) is 6.93. The number of carbonyl (C=O) groups excluding carboxylic acids is 1. The van der Waals surface area contributed by atoms with Gasteiger partial charge in [-0.25, -0.2) is 4.99 Å². The second-order valence-electron chi connectivity index (χ2n) is 7.13. The van der Waals surface area contributed by atoms with Gasteiger partial charge in [0, 0.05) is 23.4 Å². The molecule has 0 saturated heterocycles. The molecular formula is C18H21F3N6O. The van der Waals surface area contributed by atoms with Gasteiger partial charge >= 0.3 is 6.18 Å². The molecule has 1 unspecified atom stereocenters. The van der Waals surface area contributed by atoms with E-state index in [2.05, 4.69) is 20.9 Å². The molecule has 1 amide bonds. The van der Waals surface area contributed by atoms with Crippen molar-refractivity contribution in [2.24, 2.45) is 16.1 Å². The minimum absolute atomic E-state index is 0.0453. The first kappa shape index (κ1) is 19.9. The first-order valence-corrected chi connectivity index (χ1v) is 8.66. The quantitative estimate of drug-likeness (QED) is 0.492. The molecule has 0 aromatic heterocycles. The molecular weight excluding hydrogens is 373 g/mol. The van der Waals surface area contributed by atoms with Gasteiger partial charge in [0.15, 0.2) is 5.84 Å². The van der Waals surface area contributed by atoms with Crippen LogP contribution in [0.4, 0.5) is 18.9 Å². The number of carbonyl (C=O) groups is 1. The summed E-state index contributed by atoms with van der Waals surface area (Å²) in [5, 5.41) is 16.8. The minimum Gasteiger partial charge on any atom is -0.384 e. The normalized spacial score (nSPS) is 20.9. The third-order valence-corrected chi connectivity index (χ3v) is 4.71. The molecule has 1 aromatic rings. The molecule has 0 radical (unpaired) electrons. The van der Waals surface area contributed by atoms with Crippen LogP contribution in [0.25, 0.3) is 0 Å². The standard InChI is InChI=1S/C18H21F3N6O/c1-17(2)11-13(23)25-15(26-14(11)27-16(17)28)12(22)9-5-3-4-6-10(9)24-8-7-18(19,20)21/h3-6,13,22,24H,7-8,23H2,1-2H3,(H,25,26)(H,27,28). The number of amides is 1. The van der Waals surface area contributed by atoms with Crippen molar-refractivity contribution in [3.63, 3.8) is 0 Å². The van der Waals surface area contributed by atoms with Crippen molar-refractivity contribution in [1.82, 2.24) is 10.6 Å². The molecule has 0 bridgehead atoms. The molecule has 2 heterocycles. The van der Waals surface area contributed by atoms with Crippen LogP contribution in [-0.4, -0.2) is 36.3 Å². The van der Waals surface area contributed by atoms with E-state index in [9.17, 15) is 18.0 Å². The third-order valence-electron chi connectivity index (χ3n) is 4.71. The van der Waals surface area contributed by atoms with Crippen molar-refractivity contribution >= 4 is 23.1 Å². The SMILES string of the molecule is CC1(C)C(=O)NC2=C1C(N)N=C(C(=N)c1ccccc1NCCC(F)(F)F)N2. The van der Waals surface area contributed by atoms with Crippen LogP contribution in [0.5, 0.6) is 0 Å². The van der Waals surface area contributed by atoms with E-state index in [-0.39, 0.29) is 24.0 Å². The summed E-state index contributed by atoms with van der Waals surface area (Å²) in [6, 6.07) is 6.53. The Kier molecular flexibility index (Phi) is 4.92. The highest BCUT2D eigenvalue weighted by Gasteiger charge is 2.45. The Balaban J connectivity index is 1.81. The van der Waals surface area contributed by atoms with E-state index in [0.29, 0.717) is 22.6 Å². The van der Waals surface area contributed by atoms with E-state index in [4.69, 9.17) is 11.1 Å². The zero-order valence-electron chi connectivity index (χ0n) is 15.4.